The first-order valence-electron chi connectivity index (χ1n) is 7.86. The standard InChI is InChI=1S/C18H15ClN4O4/c1-21(2)15-8-3-11(10-16(15)23(26)27)9-14-17(24)20-22(18(14)25)13-6-4-12(19)5-7-13/h3-10H,1-2H3,(H,20,24)/b14-9-. The molecule has 1 fully saturated rings. The molecule has 1 heterocycles. The average molecular weight is 387 g/mol. The van der Waals surface area contributed by atoms with Gasteiger partial charge in [0, 0.05) is 25.2 Å². The third-order valence-electron chi connectivity index (χ3n) is 3.97. The second-order valence-corrected chi connectivity index (χ2v) is 6.45. The quantitative estimate of drug-likeness (QED) is 0.377. The zero-order valence-corrected chi connectivity index (χ0v) is 15.2. The molecule has 27 heavy (non-hydrogen) atoms. The summed E-state index contributed by atoms with van der Waals surface area (Å²) in [6, 6.07) is 10.9. The predicted octanol–water partition coefficient (Wildman–Crippen LogP) is 2.78. The minimum atomic E-state index is -0.589. The highest BCUT2D eigenvalue weighted by Crippen LogP contribution is 2.29. The number of halogens is 1. The summed E-state index contributed by atoms with van der Waals surface area (Å²) in [5, 5.41) is 12.9. The lowest BCUT2D eigenvalue weighted by Crippen LogP contribution is -2.35. The Labute approximate surface area is 159 Å². The van der Waals surface area contributed by atoms with Gasteiger partial charge in [-0.1, -0.05) is 17.7 Å². The van der Waals surface area contributed by atoms with E-state index in [1.54, 1.807) is 55.4 Å². The van der Waals surface area contributed by atoms with Crippen LogP contribution in [0.3, 0.4) is 0 Å². The molecule has 0 aliphatic carbocycles. The number of carbonyl (C=O) groups is 2. The average Bonchev–Trinajstić information content (AvgIpc) is 2.90. The number of benzene rings is 2. The zero-order valence-electron chi connectivity index (χ0n) is 14.5. The highest BCUT2D eigenvalue weighted by molar-refractivity contribution is 6.32. The van der Waals surface area contributed by atoms with Crippen LogP contribution in [-0.4, -0.2) is 30.8 Å². The number of amides is 2. The molecule has 2 amide bonds. The summed E-state index contributed by atoms with van der Waals surface area (Å²) >= 11 is 5.83. The normalized spacial score (nSPS) is 15.2. The van der Waals surface area contributed by atoms with Gasteiger partial charge in [0.1, 0.15) is 11.3 Å². The van der Waals surface area contributed by atoms with E-state index in [4.69, 9.17) is 11.6 Å². The van der Waals surface area contributed by atoms with E-state index in [1.807, 2.05) is 0 Å². The molecule has 9 heteroatoms. The molecular formula is C18H15ClN4O4. The first-order valence-corrected chi connectivity index (χ1v) is 8.24. The van der Waals surface area contributed by atoms with Crippen LogP contribution < -0.4 is 15.3 Å². The fourth-order valence-electron chi connectivity index (χ4n) is 2.65. The Morgan fingerprint density at radius 1 is 1.15 bits per heavy atom. The number of hydrogen-bond donors (Lipinski definition) is 1. The second-order valence-electron chi connectivity index (χ2n) is 6.02. The lowest BCUT2D eigenvalue weighted by Gasteiger charge is -2.14. The lowest BCUT2D eigenvalue weighted by atomic mass is 10.1. The van der Waals surface area contributed by atoms with E-state index in [0.717, 1.165) is 5.01 Å². The molecule has 1 aliphatic heterocycles. The highest BCUT2D eigenvalue weighted by atomic mass is 35.5. The molecule has 8 nitrogen and oxygen atoms in total. The van der Waals surface area contributed by atoms with Gasteiger partial charge in [-0.15, -0.1) is 0 Å². The van der Waals surface area contributed by atoms with Crippen molar-refractivity contribution in [3.63, 3.8) is 0 Å². The van der Waals surface area contributed by atoms with E-state index in [1.165, 1.54) is 12.1 Å². The summed E-state index contributed by atoms with van der Waals surface area (Å²) in [4.78, 5) is 37.2. The molecule has 0 bridgehead atoms. The van der Waals surface area contributed by atoms with E-state index < -0.39 is 16.7 Å². The molecule has 2 aromatic carbocycles. The van der Waals surface area contributed by atoms with Gasteiger partial charge in [-0.25, -0.2) is 5.01 Å². The van der Waals surface area contributed by atoms with E-state index >= 15 is 0 Å². The van der Waals surface area contributed by atoms with E-state index in [-0.39, 0.29) is 11.3 Å². The Morgan fingerprint density at radius 3 is 2.41 bits per heavy atom. The van der Waals surface area contributed by atoms with Crippen LogP contribution in [0, 0.1) is 10.1 Å². The monoisotopic (exact) mass is 386 g/mol. The van der Waals surface area contributed by atoms with Crippen LogP contribution in [0.1, 0.15) is 5.56 Å². The summed E-state index contributed by atoms with van der Waals surface area (Å²) in [7, 11) is 3.39. The molecular weight excluding hydrogens is 372 g/mol. The number of nitro benzene ring substituents is 1. The van der Waals surface area contributed by atoms with Gasteiger partial charge >= 0.3 is 0 Å². The van der Waals surface area contributed by atoms with Gasteiger partial charge in [0.15, 0.2) is 0 Å². The number of nitro groups is 1. The van der Waals surface area contributed by atoms with E-state index in [9.17, 15) is 19.7 Å². The lowest BCUT2D eigenvalue weighted by molar-refractivity contribution is -0.384. The van der Waals surface area contributed by atoms with Crippen molar-refractivity contribution in [2.24, 2.45) is 0 Å². The van der Waals surface area contributed by atoms with Crippen LogP contribution in [0.4, 0.5) is 17.1 Å². The second kappa shape index (κ2) is 7.08. The fourth-order valence-corrected chi connectivity index (χ4v) is 2.78. The van der Waals surface area contributed by atoms with Crippen molar-refractivity contribution < 1.29 is 14.5 Å². The summed E-state index contributed by atoms with van der Waals surface area (Å²) in [5.41, 5.74) is 3.49. The van der Waals surface area contributed by atoms with Crippen LogP contribution in [0.5, 0.6) is 0 Å². The van der Waals surface area contributed by atoms with Crippen molar-refractivity contribution in [2.45, 2.75) is 0 Å². The van der Waals surface area contributed by atoms with Crippen molar-refractivity contribution in [3.05, 3.63) is 68.7 Å². The molecule has 0 aromatic heterocycles. The molecule has 0 radical (unpaired) electrons. The third kappa shape index (κ3) is 3.61. The molecule has 0 unspecified atom stereocenters. The third-order valence-corrected chi connectivity index (χ3v) is 4.22. The maximum Gasteiger partial charge on any atom is 0.293 e. The smallest absolute Gasteiger partial charge is 0.293 e. The SMILES string of the molecule is CN(C)c1ccc(/C=C2/C(=O)NN(c3ccc(Cl)cc3)C2=O)cc1[N+](=O)[O-]. The minimum absolute atomic E-state index is 0.114. The minimum Gasteiger partial charge on any atom is -0.372 e. The molecule has 0 spiro atoms. The Hall–Kier alpha value is -3.39. The molecule has 3 rings (SSSR count). The van der Waals surface area contributed by atoms with Crippen LogP contribution in [0.15, 0.2) is 48.0 Å². The van der Waals surface area contributed by atoms with Crippen LogP contribution >= 0.6 is 11.6 Å². The molecule has 0 saturated carbocycles. The molecule has 0 atom stereocenters. The molecule has 2 aromatic rings. The van der Waals surface area contributed by atoms with E-state index in [2.05, 4.69) is 5.43 Å². The molecule has 1 saturated heterocycles. The number of anilines is 2. The Bertz CT molecular complexity index is 970. The van der Waals surface area contributed by atoms with Gasteiger partial charge in [0.2, 0.25) is 0 Å². The number of nitrogens with zero attached hydrogens (tertiary/aromatic N) is 3. The topological polar surface area (TPSA) is 95.8 Å². The summed E-state index contributed by atoms with van der Waals surface area (Å²) < 4.78 is 0. The maximum atomic E-state index is 12.6. The van der Waals surface area contributed by atoms with Crippen molar-refractivity contribution in [1.82, 2.24) is 5.43 Å². The summed E-state index contributed by atoms with van der Waals surface area (Å²) in [6.45, 7) is 0. The Kier molecular flexibility index (Phi) is 4.83. The maximum absolute atomic E-state index is 12.6. The molecule has 1 N–H and O–H groups in total. The van der Waals surface area contributed by atoms with Crippen molar-refractivity contribution >= 4 is 46.6 Å². The zero-order chi connectivity index (χ0) is 19.7. The largest absolute Gasteiger partial charge is 0.372 e. The van der Waals surface area contributed by atoms with Gasteiger partial charge in [0.25, 0.3) is 17.5 Å². The molecule has 138 valence electrons. The first kappa shape index (κ1) is 18.4. The van der Waals surface area contributed by atoms with Crippen molar-refractivity contribution in [1.29, 1.82) is 0 Å². The van der Waals surface area contributed by atoms with Crippen LogP contribution in [0.25, 0.3) is 6.08 Å². The van der Waals surface area contributed by atoms with Crippen LogP contribution in [-0.2, 0) is 9.59 Å². The number of hydrogen-bond acceptors (Lipinski definition) is 5. The number of nitrogens with one attached hydrogen (secondary N) is 1. The van der Waals surface area contributed by atoms with Gasteiger partial charge in [-0.2, -0.15) is 0 Å². The highest BCUT2D eigenvalue weighted by Gasteiger charge is 2.34. The Morgan fingerprint density at radius 2 is 1.81 bits per heavy atom. The van der Waals surface area contributed by atoms with Gasteiger partial charge in [-0.3, -0.25) is 25.1 Å². The van der Waals surface area contributed by atoms with Crippen molar-refractivity contribution in [3.8, 4) is 0 Å². The first-order chi connectivity index (χ1) is 12.8. The van der Waals surface area contributed by atoms with E-state index in [0.29, 0.717) is 22.0 Å². The number of hydrazine groups is 1. The fraction of sp³-hybridized carbons (Fsp3) is 0.111. The molecule has 1 aliphatic rings. The Balaban J connectivity index is 1.96. The van der Waals surface area contributed by atoms with Crippen LogP contribution in [0.2, 0.25) is 5.02 Å². The predicted molar refractivity (Wildman–Crippen MR) is 102 cm³/mol. The number of rotatable bonds is 4. The number of carbonyl (C=O) groups excluding carboxylic acids is 2. The van der Waals surface area contributed by atoms with Crippen molar-refractivity contribution in [2.75, 3.05) is 24.0 Å². The van der Waals surface area contributed by atoms with Gasteiger partial charge in [0.05, 0.1) is 10.6 Å². The summed E-state index contributed by atoms with van der Waals surface area (Å²) in [5.74, 6) is -1.14. The van der Waals surface area contributed by atoms with Gasteiger partial charge in [-0.05, 0) is 42.0 Å². The van der Waals surface area contributed by atoms with Gasteiger partial charge < -0.3 is 4.90 Å². The summed E-state index contributed by atoms with van der Waals surface area (Å²) in [6.07, 6.45) is 1.33.